The van der Waals surface area contributed by atoms with E-state index in [1.165, 1.54) is 17.7 Å². The van der Waals surface area contributed by atoms with Crippen LogP contribution in [0.25, 0.3) is 0 Å². The molecule has 4 heteroatoms. The summed E-state index contributed by atoms with van der Waals surface area (Å²) in [7, 11) is 0. The Morgan fingerprint density at radius 2 is 2.19 bits per heavy atom. The first kappa shape index (κ1) is 11.4. The van der Waals surface area contributed by atoms with Crippen molar-refractivity contribution in [2.45, 2.75) is 6.42 Å². The summed E-state index contributed by atoms with van der Waals surface area (Å²) in [5.41, 5.74) is 1.24. The van der Waals surface area contributed by atoms with Gasteiger partial charge in [0.05, 0.1) is 11.6 Å². The van der Waals surface area contributed by atoms with Crippen LogP contribution >= 0.6 is 22.9 Å². The minimum atomic E-state index is -0.449. The molecule has 0 aliphatic carbocycles. The number of rotatable bonds is 4. The third-order valence-corrected chi connectivity index (χ3v) is 3.17. The Labute approximate surface area is 102 Å². The minimum Gasteiger partial charge on any atom is -0.493 e. The van der Waals surface area contributed by atoms with Crippen LogP contribution in [0.15, 0.2) is 35.0 Å². The lowest BCUT2D eigenvalue weighted by Crippen LogP contribution is -2.00. The molecule has 84 valence electrons. The van der Waals surface area contributed by atoms with Crippen LogP contribution in [0, 0.1) is 5.82 Å². The fourth-order valence-electron chi connectivity index (χ4n) is 1.29. The van der Waals surface area contributed by atoms with E-state index in [0.717, 1.165) is 6.42 Å². The topological polar surface area (TPSA) is 9.23 Å². The molecule has 0 fully saturated rings. The first-order valence-corrected chi connectivity index (χ1v) is 6.17. The van der Waals surface area contributed by atoms with Gasteiger partial charge in [0.15, 0.2) is 0 Å². The maximum absolute atomic E-state index is 13.1. The van der Waals surface area contributed by atoms with Gasteiger partial charge in [0.2, 0.25) is 0 Å². The van der Waals surface area contributed by atoms with Crippen LogP contribution in [-0.4, -0.2) is 6.61 Å². The molecule has 0 atom stereocenters. The number of hydrogen-bond acceptors (Lipinski definition) is 2. The zero-order valence-corrected chi connectivity index (χ0v) is 10.0. The van der Waals surface area contributed by atoms with Crippen LogP contribution in [-0.2, 0) is 6.42 Å². The largest absolute Gasteiger partial charge is 0.493 e. The predicted octanol–water partition coefficient (Wildman–Crippen LogP) is 4.16. The zero-order chi connectivity index (χ0) is 11.4. The van der Waals surface area contributed by atoms with Crippen molar-refractivity contribution in [2.24, 2.45) is 0 Å². The van der Waals surface area contributed by atoms with Gasteiger partial charge in [-0.05, 0) is 34.5 Å². The second-order valence-corrected chi connectivity index (χ2v) is 4.49. The van der Waals surface area contributed by atoms with Crippen LogP contribution in [0.4, 0.5) is 4.39 Å². The Hall–Kier alpha value is -1.06. The summed E-state index contributed by atoms with van der Waals surface area (Å²) in [6.45, 7) is 0.539. The number of thiophene rings is 1. The van der Waals surface area contributed by atoms with Crippen molar-refractivity contribution in [1.29, 1.82) is 0 Å². The van der Waals surface area contributed by atoms with Gasteiger partial charge in [-0.1, -0.05) is 11.6 Å². The van der Waals surface area contributed by atoms with E-state index in [2.05, 4.69) is 11.4 Å². The summed E-state index contributed by atoms with van der Waals surface area (Å²) in [4.78, 5) is 0. The lowest BCUT2D eigenvalue weighted by Gasteiger charge is -2.05. The molecule has 0 aliphatic heterocycles. The molecule has 0 unspecified atom stereocenters. The molecular weight excluding hydrogens is 247 g/mol. The summed E-state index contributed by atoms with van der Waals surface area (Å²) < 4.78 is 18.5. The molecule has 0 spiro atoms. The molecule has 1 nitrogen and oxygen atoms in total. The highest BCUT2D eigenvalue weighted by Gasteiger charge is 2.01. The fraction of sp³-hybridized carbons (Fsp3) is 0.167. The van der Waals surface area contributed by atoms with E-state index in [1.807, 2.05) is 5.38 Å². The van der Waals surface area contributed by atoms with Gasteiger partial charge < -0.3 is 4.74 Å². The third-order valence-electron chi connectivity index (χ3n) is 2.13. The quantitative estimate of drug-likeness (QED) is 0.798. The predicted molar refractivity (Wildman–Crippen MR) is 64.9 cm³/mol. The number of ether oxygens (including phenoxy) is 1. The van der Waals surface area contributed by atoms with E-state index in [-0.39, 0.29) is 5.02 Å². The molecule has 1 heterocycles. The summed E-state index contributed by atoms with van der Waals surface area (Å²) in [5.74, 6) is 0.0619. The Morgan fingerprint density at radius 1 is 1.31 bits per heavy atom. The van der Waals surface area contributed by atoms with Gasteiger partial charge in [0.25, 0.3) is 0 Å². The SMILES string of the molecule is Fc1cc(OCCc2ccsc2)ccc1Cl. The molecule has 2 aromatic rings. The highest BCUT2D eigenvalue weighted by atomic mass is 35.5. The van der Waals surface area contributed by atoms with E-state index < -0.39 is 5.82 Å². The Bertz CT molecular complexity index is 456. The highest BCUT2D eigenvalue weighted by Crippen LogP contribution is 2.20. The third kappa shape index (κ3) is 2.97. The monoisotopic (exact) mass is 256 g/mol. The number of hydrogen-bond donors (Lipinski definition) is 0. The molecule has 1 aromatic carbocycles. The summed E-state index contributed by atoms with van der Waals surface area (Å²) in [6.07, 6.45) is 0.827. The minimum absolute atomic E-state index is 0.116. The second kappa shape index (κ2) is 5.32. The average Bonchev–Trinajstić information content (AvgIpc) is 2.76. The molecule has 1 aromatic heterocycles. The van der Waals surface area contributed by atoms with Crippen molar-refractivity contribution >= 4 is 22.9 Å². The van der Waals surface area contributed by atoms with Gasteiger partial charge in [0.1, 0.15) is 11.6 Å². The molecule has 0 saturated carbocycles. The summed E-state index contributed by atoms with van der Waals surface area (Å²) >= 11 is 7.22. The molecule has 2 rings (SSSR count). The van der Waals surface area contributed by atoms with E-state index in [0.29, 0.717) is 12.4 Å². The zero-order valence-electron chi connectivity index (χ0n) is 8.45. The Morgan fingerprint density at radius 3 is 2.88 bits per heavy atom. The summed E-state index contributed by atoms with van der Waals surface area (Å²) in [5, 5.41) is 4.22. The molecule has 16 heavy (non-hydrogen) atoms. The van der Waals surface area contributed by atoms with Crippen LogP contribution < -0.4 is 4.74 Å². The van der Waals surface area contributed by atoms with Crippen molar-refractivity contribution < 1.29 is 9.13 Å². The van der Waals surface area contributed by atoms with Gasteiger partial charge in [0, 0.05) is 12.5 Å². The second-order valence-electron chi connectivity index (χ2n) is 3.31. The highest BCUT2D eigenvalue weighted by molar-refractivity contribution is 7.07. The van der Waals surface area contributed by atoms with Crippen molar-refractivity contribution in [1.82, 2.24) is 0 Å². The average molecular weight is 257 g/mol. The first-order chi connectivity index (χ1) is 7.75. The molecule has 0 N–H and O–H groups in total. The van der Waals surface area contributed by atoms with Gasteiger partial charge in [-0.2, -0.15) is 11.3 Å². The van der Waals surface area contributed by atoms with Gasteiger partial charge >= 0.3 is 0 Å². The van der Waals surface area contributed by atoms with Gasteiger partial charge in [-0.3, -0.25) is 0 Å². The molecule has 0 radical (unpaired) electrons. The molecule has 0 bridgehead atoms. The maximum atomic E-state index is 13.1. The van der Waals surface area contributed by atoms with Gasteiger partial charge in [-0.25, -0.2) is 4.39 Å². The number of benzene rings is 1. The van der Waals surface area contributed by atoms with Crippen molar-refractivity contribution in [3.63, 3.8) is 0 Å². The van der Waals surface area contributed by atoms with Crippen LogP contribution in [0.3, 0.4) is 0 Å². The van der Waals surface area contributed by atoms with Crippen LogP contribution in [0.2, 0.25) is 5.02 Å². The fourth-order valence-corrected chi connectivity index (χ4v) is 2.11. The maximum Gasteiger partial charge on any atom is 0.145 e. The van der Waals surface area contributed by atoms with E-state index in [4.69, 9.17) is 16.3 Å². The van der Waals surface area contributed by atoms with E-state index in [9.17, 15) is 4.39 Å². The van der Waals surface area contributed by atoms with Crippen LogP contribution in [0.5, 0.6) is 5.75 Å². The normalized spacial score (nSPS) is 10.4. The number of halogens is 2. The molecule has 0 amide bonds. The lowest BCUT2D eigenvalue weighted by molar-refractivity contribution is 0.320. The first-order valence-electron chi connectivity index (χ1n) is 4.84. The van der Waals surface area contributed by atoms with E-state index in [1.54, 1.807) is 17.4 Å². The Kier molecular flexibility index (Phi) is 3.80. The standard InChI is InChI=1S/C12H10ClFOS/c13-11-2-1-10(7-12(11)14)15-5-3-9-4-6-16-8-9/h1-2,4,6-8H,3,5H2. The molecule has 0 aliphatic rings. The smallest absolute Gasteiger partial charge is 0.145 e. The van der Waals surface area contributed by atoms with Crippen molar-refractivity contribution in [3.05, 3.63) is 51.4 Å². The lowest BCUT2D eigenvalue weighted by atomic mass is 10.2. The van der Waals surface area contributed by atoms with E-state index >= 15 is 0 Å². The van der Waals surface area contributed by atoms with Gasteiger partial charge in [-0.15, -0.1) is 0 Å². The van der Waals surface area contributed by atoms with Crippen molar-refractivity contribution in [3.8, 4) is 5.75 Å². The summed E-state index contributed by atoms with van der Waals surface area (Å²) in [6, 6.07) is 6.52. The molecule has 0 saturated heterocycles. The van der Waals surface area contributed by atoms with Crippen LogP contribution in [0.1, 0.15) is 5.56 Å². The van der Waals surface area contributed by atoms with Crippen molar-refractivity contribution in [2.75, 3.05) is 6.61 Å². The molecular formula is C12H10ClFOS. The Balaban J connectivity index is 1.87.